The molecule has 1 N–H and O–H groups in total. The standard InChI is InChI=1S/C19H19BrCl2N2O3S/c20-16-3-1-2-4-18(16)23-19(25)13-7-9-24(10-8-13)28(26,27)12-14-5-6-15(21)11-17(14)22/h1-6,11,13H,7-10,12H2,(H,23,25). The van der Waals surface area contributed by atoms with Crippen LogP contribution in [0, 0.1) is 5.92 Å². The number of carbonyl (C=O) groups is 1. The Morgan fingerprint density at radius 2 is 1.82 bits per heavy atom. The number of amides is 1. The minimum Gasteiger partial charge on any atom is -0.325 e. The summed E-state index contributed by atoms with van der Waals surface area (Å²) in [5.41, 5.74) is 1.22. The Bertz CT molecular complexity index is 977. The number of benzene rings is 2. The van der Waals surface area contributed by atoms with E-state index in [0.29, 0.717) is 47.2 Å². The van der Waals surface area contributed by atoms with Crippen LogP contribution in [-0.2, 0) is 20.6 Å². The van der Waals surface area contributed by atoms with Gasteiger partial charge in [0.1, 0.15) is 0 Å². The second kappa shape index (κ2) is 9.13. The summed E-state index contributed by atoms with van der Waals surface area (Å²) in [6.45, 7) is 0.614. The molecule has 1 saturated heterocycles. The molecular formula is C19H19BrCl2N2O3S. The van der Waals surface area contributed by atoms with E-state index in [9.17, 15) is 13.2 Å². The van der Waals surface area contributed by atoms with E-state index in [2.05, 4.69) is 21.2 Å². The molecule has 150 valence electrons. The number of piperidine rings is 1. The van der Waals surface area contributed by atoms with Gasteiger partial charge in [-0.25, -0.2) is 12.7 Å². The molecule has 0 radical (unpaired) electrons. The van der Waals surface area contributed by atoms with Crippen molar-refractivity contribution in [3.8, 4) is 0 Å². The van der Waals surface area contributed by atoms with Crippen molar-refractivity contribution < 1.29 is 13.2 Å². The third-order valence-electron chi connectivity index (χ3n) is 4.70. The molecule has 5 nitrogen and oxygen atoms in total. The van der Waals surface area contributed by atoms with E-state index in [-0.39, 0.29) is 17.6 Å². The maximum atomic E-state index is 12.7. The fourth-order valence-corrected chi connectivity index (χ4v) is 5.65. The van der Waals surface area contributed by atoms with E-state index in [1.165, 1.54) is 10.4 Å². The van der Waals surface area contributed by atoms with Crippen LogP contribution in [0.5, 0.6) is 0 Å². The number of nitrogens with one attached hydrogen (secondary N) is 1. The summed E-state index contributed by atoms with van der Waals surface area (Å²) in [6, 6.07) is 12.2. The number of nitrogens with zero attached hydrogens (tertiary/aromatic N) is 1. The van der Waals surface area contributed by atoms with Gasteiger partial charge in [0.05, 0.1) is 11.4 Å². The molecule has 1 aliphatic heterocycles. The van der Waals surface area contributed by atoms with Gasteiger partial charge in [-0.05, 0) is 58.6 Å². The lowest BCUT2D eigenvalue weighted by atomic mass is 9.97. The Morgan fingerprint density at radius 1 is 1.14 bits per heavy atom. The second-order valence-electron chi connectivity index (χ2n) is 6.63. The van der Waals surface area contributed by atoms with E-state index in [1.807, 2.05) is 24.3 Å². The number of rotatable bonds is 5. The van der Waals surface area contributed by atoms with E-state index in [1.54, 1.807) is 12.1 Å². The molecule has 0 aliphatic carbocycles. The average Bonchev–Trinajstić information content (AvgIpc) is 2.66. The van der Waals surface area contributed by atoms with Crippen LogP contribution < -0.4 is 5.32 Å². The summed E-state index contributed by atoms with van der Waals surface area (Å²) in [5.74, 6) is -0.501. The largest absolute Gasteiger partial charge is 0.325 e. The highest BCUT2D eigenvalue weighted by molar-refractivity contribution is 9.10. The molecule has 0 aromatic heterocycles. The van der Waals surface area contributed by atoms with Crippen molar-refractivity contribution >= 4 is 60.7 Å². The van der Waals surface area contributed by atoms with Crippen LogP contribution in [0.3, 0.4) is 0 Å². The predicted molar refractivity (Wildman–Crippen MR) is 116 cm³/mol. The number of halogens is 3. The molecule has 2 aromatic rings. The number of anilines is 1. The van der Waals surface area contributed by atoms with E-state index < -0.39 is 10.0 Å². The lowest BCUT2D eigenvalue weighted by Crippen LogP contribution is -2.41. The highest BCUT2D eigenvalue weighted by Gasteiger charge is 2.31. The molecule has 0 saturated carbocycles. The summed E-state index contributed by atoms with van der Waals surface area (Å²) >= 11 is 15.4. The Balaban J connectivity index is 1.59. The van der Waals surface area contributed by atoms with Gasteiger partial charge in [0.2, 0.25) is 15.9 Å². The van der Waals surface area contributed by atoms with Gasteiger partial charge in [0.15, 0.2) is 0 Å². The van der Waals surface area contributed by atoms with Crippen molar-refractivity contribution in [2.45, 2.75) is 18.6 Å². The molecule has 1 heterocycles. The molecule has 0 unspecified atom stereocenters. The average molecular weight is 506 g/mol. The molecule has 1 aliphatic rings. The third-order valence-corrected chi connectivity index (χ3v) is 7.81. The maximum Gasteiger partial charge on any atom is 0.227 e. The first-order valence-electron chi connectivity index (χ1n) is 8.73. The maximum absolute atomic E-state index is 12.7. The van der Waals surface area contributed by atoms with Gasteiger partial charge in [0, 0.05) is 33.5 Å². The highest BCUT2D eigenvalue weighted by atomic mass is 79.9. The zero-order valence-electron chi connectivity index (χ0n) is 14.9. The number of sulfonamides is 1. The Morgan fingerprint density at radius 3 is 2.46 bits per heavy atom. The lowest BCUT2D eigenvalue weighted by molar-refractivity contribution is -0.120. The van der Waals surface area contributed by atoms with Crippen molar-refractivity contribution in [3.63, 3.8) is 0 Å². The predicted octanol–water partition coefficient (Wildman–Crippen LogP) is 4.94. The van der Waals surface area contributed by atoms with Crippen molar-refractivity contribution in [1.29, 1.82) is 0 Å². The van der Waals surface area contributed by atoms with Gasteiger partial charge in [-0.1, -0.05) is 41.4 Å². The first-order chi connectivity index (χ1) is 13.3. The summed E-state index contributed by atoms with van der Waals surface area (Å²) in [7, 11) is -3.52. The smallest absolute Gasteiger partial charge is 0.227 e. The number of para-hydroxylation sites is 1. The summed E-state index contributed by atoms with van der Waals surface area (Å²) in [5, 5.41) is 3.70. The van der Waals surface area contributed by atoms with Crippen LogP contribution >= 0.6 is 39.1 Å². The fraction of sp³-hybridized carbons (Fsp3) is 0.316. The molecule has 1 amide bonds. The third kappa shape index (κ3) is 5.27. The summed E-state index contributed by atoms with van der Waals surface area (Å²) in [6.07, 6.45) is 0.952. The van der Waals surface area contributed by atoms with Crippen molar-refractivity contribution in [2.24, 2.45) is 5.92 Å². The second-order valence-corrected chi connectivity index (χ2v) is 10.3. The van der Waals surface area contributed by atoms with E-state index in [0.717, 1.165) is 4.47 Å². The van der Waals surface area contributed by atoms with Gasteiger partial charge in [-0.15, -0.1) is 0 Å². The number of hydrogen-bond donors (Lipinski definition) is 1. The van der Waals surface area contributed by atoms with Crippen LogP contribution in [0.25, 0.3) is 0 Å². The fourth-order valence-electron chi connectivity index (χ4n) is 3.12. The quantitative estimate of drug-likeness (QED) is 0.626. The molecule has 1 fully saturated rings. The minimum atomic E-state index is -3.52. The zero-order valence-corrected chi connectivity index (χ0v) is 18.8. The first kappa shape index (κ1) is 21.6. The SMILES string of the molecule is O=C(Nc1ccccc1Br)C1CCN(S(=O)(=O)Cc2ccc(Cl)cc2Cl)CC1. The summed E-state index contributed by atoms with van der Waals surface area (Å²) < 4.78 is 27.7. The van der Waals surface area contributed by atoms with E-state index >= 15 is 0 Å². The van der Waals surface area contributed by atoms with Crippen molar-refractivity contribution in [1.82, 2.24) is 4.31 Å². The van der Waals surface area contributed by atoms with Crippen LogP contribution in [0.15, 0.2) is 46.9 Å². The van der Waals surface area contributed by atoms with Gasteiger partial charge in [-0.2, -0.15) is 0 Å². The zero-order chi connectivity index (χ0) is 20.3. The molecule has 0 bridgehead atoms. The van der Waals surface area contributed by atoms with Crippen molar-refractivity contribution in [2.75, 3.05) is 18.4 Å². The van der Waals surface area contributed by atoms with Gasteiger partial charge in [-0.3, -0.25) is 4.79 Å². The Labute approximate surface area is 183 Å². The Hall–Kier alpha value is -1.12. The first-order valence-corrected chi connectivity index (χ1v) is 11.9. The van der Waals surface area contributed by atoms with Crippen molar-refractivity contribution in [3.05, 3.63) is 62.5 Å². The van der Waals surface area contributed by atoms with E-state index in [4.69, 9.17) is 23.2 Å². The van der Waals surface area contributed by atoms with Gasteiger partial charge >= 0.3 is 0 Å². The minimum absolute atomic E-state index is 0.0929. The van der Waals surface area contributed by atoms with Gasteiger partial charge in [0.25, 0.3) is 0 Å². The van der Waals surface area contributed by atoms with Crippen LogP contribution in [-0.4, -0.2) is 31.7 Å². The topological polar surface area (TPSA) is 66.5 Å². The molecule has 2 aromatic carbocycles. The molecule has 28 heavy (non-hydrogen) atoms. The van der Waals surface area contributed by atoms with Crippen LogP contribution in [0.4, 0.5) is 5.69 Å². The molecule has 0 atom stereocenters. The molecule has 9 heteroatoms. The van der Waals surface area contributed by atoms with Crippen LogP contribution in [0.1, 0.15) is 18.4 Å². The van der Waals surface area contributed by atoms with Gasteiger partial charge < -0.3 is 5.32 Å². The molecule has 0 spiro atoms. The lowest BCUT2D eigenvalue weighted by Gasteiger charge is -2.30. The summed E-state index contributed by atoms with van der Waals surface area (Å²) in [4.78, 5) is 12.5. The van der Waals surface area contributed by atoms with Crippen LogP contribution in [0.2, 0.25) is 10.0 Å². The number of hydrogen-bond acceptors (Lipinski definition) is 3. The number of carbonyl (C=O) groups excluding carboxylic acids is 1. The monoisotopic (exact) mass is 504 g/mol. The molecular weight excluding hydrogens is 487 g/mol. The Kier molecular flexibility index (Phi) is 7.04. The molecule has 3 rings (SSSR count). The highest BCUT2D eigenvalue weighted by Crippen LogP contribution is 2.28. The normalized spacial score (nSPS) is 16.1.